The monoisotopic (exact) mass is 299 g/mol. The van der Waals surface area contributed by atoms with Gasteiger partial charge >= 0.3 is 5.97 Å². The van der Waals surface area contributed by atoms with Gasteiger partial charge in [0.1, 0.15) is 0 Å². The number of halogens is 3. The van der Waals surface area contributed by atoms with E-state index in [1.54, 1.807) is 18.2 Å². The Morgan fingerprint density at radius 2 is 1.84 bits per heavy atom. The summed E-state index contributed by atoms with van der Waals surface area (Å²) in [7, 11) is 1.20. The summed E-state index contributed by atoms with van der Waals surface area (Å²) < 4.78 is 18.4. The highest BCUT2D eigenvalue weighted by molar-refractivity contribution is 6.39. The van der Waals surface area contributed by atoms with Crippen LogP contribution in [0.1, 0.15) is 10.5 Å². The Kier molecular flexibility index (Phi) is 4.02. The molecule has 6 heteroatoms. The largest absolute Gasteiger partial charge is 0.464 e. The van der Waals surface area contributed by atoms with Crippen LogP contribution in [0.5, 0.6) is 0 Å². The first-order chi connectivity index (χ1) is 9.04. The van der Waals surface area contributed by atoms with Gasteiger partial charge in [0.05, 0.1) is 17.2 Å². The molecule has 19 heavy (non-hydrogen) atoms. The average molecular weight is 300 g/mol. The Balaban J connectivity index is 2.56. The van der Waals surface area contributed by atoms with Crippen LogP contribution in [0.15, 0.2) is 30.3 Å². The molecule has 1 aromatic carbocycles. The van der Waals surface area contributed by atoms with Crippen LogP contribution in [0.25, 0.3) is 11.1 Å². The molecule has 1 heterocycles. The Hall–Kier alpha value is -1.65. The molecule has 0 radical (unpaired) electrons. The van der Waals surface area contributed by atoms with Gasteiger partial charge in [-0.15, -0.1) is 0 Å². The summed E-state index contributed by atoms with van der Waals surface area (Å²) >= 11 is 12.0. The summed E-state index contributed by atoms with van der Waals surface area (Å²) in [6.45, 7) is 0. The summed E-state index contributed by atoms with van der Waals surface area (Å²) in [4.78, 5) is 14.8. The molecule has 0 saturated heterocycles. The molecular weight excluding hydrogens is 292 g/mol. The third-order valence-electron chi connectivity index (χ3n) is 2.48. The molecule has 0 atom stereocenters. The van der Waals surface area contributed by atoms with Crippen LogP contribution >= 0.6 is 23.2 Å². The summed E-state index contributed by atoms with van der Waals surface area (Å²) in [6.07, 6.45) is 0. The second-order valence-electron chi connectivity index (χ2n) is 3.62. The Morgan fingerprint density at radius 3 is 2.37 bits per heavy atom. The van der Waals surface area contributed by atoms with Crippen LogP contribution in [0.4, 0.5) is 4.39 Å². The first-order valence-electron chi connectivity index (χ1n) is 5.24. The number of hydrogen-bond donors (Lipinski definition) is 0. The van der Waals surface area contributed by atoms with Crippen LogP contribution in [-0.4, -0.2) is 18.1 Å². The molecule has 0 bridgehead atoms. The molecule has 0 saturated carbocycles. The summed E-state index contributed by atoms with van der Waals surface area (Å²) in [5, 5.41) is 0.609. The van der Waals surface area contributed by atoms with Crippen molar-refractivity contribution < 1.29 is 13.9 Å². The van der Waals surface area contributed by atoms with Gasteiger partial charge in [0.2, 0.25) is 5.95 Å². The van der Waals surface area contributed by atoms with Gasteiger partial charge in [-0.25, -0.2) is 9.78 Å². The lowest BCUT2D eigenvalue weighted by molar-refractivity contribution is 0.0592. The minimum Gasteiger partial charge on any atom is -0.464 e. The van der Waals surface area contributed by atoms with E-state index in [9.17, 15) is 9.18 Å². The zero-order chi connectivity index (χ0) is 14.0. The van der Waals surface area contributed by atoms with Crippen molar-refractivity contribution in [2.24, 2.45) is 0 Å². The third-order valence-corrected chi connectivity index (χ3v) is 3.11. The first kappa shape index (κ1) is 13.8. The number of rotatable bonds is 2. The van der Waals surface area contributed by atoms with E-state index in [1.807, 2.05) is 0 Å². The van der Waals surface area contributed by atoms with Crippen LogP contribution in [0.3, 0.4) is 0 Å². The van der Waals surface area contributed by atoms with Crippen molar-refractivity contribution in [3.8, 4) is 11.1 Å². The minimum atomic E-state index is -0.835. The zero-order valence-electron chi connectivity index (χ0n) is 9.78. The van der Waals surface area contributed by atoms with Crippen LogP contribution < -0.4 is 0 Å². The van der Waals surface area contributed by atoms with Crippen molar-refractivity contribution >= 4 is 29.2 Å². The number of aromatic nitrogens is 1. The van der Waals surface area contributed by atoms with Crippen LogP contribution in [0, 0.1) is 5.95 Å². The van der Waals surface area contributed by atoms with Crippen molar-refractivity contribution in [3.05, 3.63) is 52.0 Å². The molecule has 0 fully saturated rings. The van der Waals surface area contributed by atoms with Crippen molar-refractivity contribution in [3.63, 3.8) is 0 Å². The number of nitrogens with zero attached hydrogens (tertiary/aromatic N) is 1. The van der Waals surface area contributed by atoms with Gasteiger partial charge in [0.25, 0.3) is 0 Å². The number of esters is 1. The highest BCUT2D eigenvalue weighted by atomic mass is 35.5. The molecular formula is C13H8Cl2FNO2. The number of methoxy groups -OCH3 is 1. The third kappa shape index (κ3) is 2.69. The summed E-state index contributed by atoms with van der Waals surface area (Å²) in [5.74, 6) is -1.55. The fraction of sp³-hybridized carbons (Fsp3) is 0.0769. The van der Waals surface area contributed by atoms with E-state index >= 15 is 0 Å². The fourth-order valence-electron chi connectivity index (χ4n) is 1.59. The quantitative estimate of drug-likeness (QED) is 0.622. The van der Waals surface area contributed by atoms with Gasteiger partial charge in [-0.3, -0.25) is 0 Å². The van der Waals surface area contributed by atoms with Gasteiger partial charge < -0.3 is 4.74 Å². The van der Waals surface area contributed by atoms with Crippen molar-refractivity contribution in [1.29, 1.82) is 0 Å². The lowest BCUT2D eigenvalue weighted by atomic mass is 10.1. The van der Waals surface area contributed by atoms with Crippen molar-refractivity contribution in [1.82, 2.24) is 4.98 Å². The smallest absolute Gasteiger partial charge is 0.356 e. The lowest BCUT2D eigenvalue weighted by Gasteiger charge is -2.08. The number of carbonyl (C=O) groups is 1. The minimum absolute atomic E-state index is 0.119. The molecule has 2 rings (SSSR count). The van der Waals surface area contributed by atoms with Crippen LogP contribution in [-0.2, 0) is 4.74 Å². The molecule has 1 aromatic heterocycles. The van der Waals surface area contributed by atoms with Gasteiger partial charge in [0.15, 0.2) is 5.69 Å². The molecule has 0 N–H and O–H groups in total. The molecule has 0 aliphatic rings. The topological polar surface area (TPSA) is 39.2 Å². The van der Waals surface area contributed by atoms with E-state index in [4.69, 9.17) is 23.2 Å². The maximum Gasteiger partial charge on any atom is 0.356 e. The van der Waals surface area contributed by atoms with E-state index in [0.717, 1.165) is 0 Å². The fourth-order valence-corrected chi connectivity index (χ4v) is 2.20. The van der Waals surface area contributed by atoms with E-state index in [2.05, 4.69) is 9.72 Å². The van der Waals surface area contributed by atoms with Gasteiger partial charge in [-0.05, 0) is 24.3 Å². The van der Waals surface area contributed by atoms with E-state index < -0.39 is 11.9 Å². The predicted molar refractivity (Wildman–Crippen MR) is 71.0 cm³/mol. The second-order valence-corrected chi connectivity index (χ2v) is 4.44. The molecule has 0 aliphatic carbocycles. The number of hydrogen-bond acceptors (Lipinski definition) is 3. The maximum absolute atomic E-state index is 14.0. The molecule has 0 amide bonds. The highest BCUT2D eigenvalue weighted by Crippen LogP contribution is 2.35. The Bertz CT molecular complexity index is 626. The predicted octanol–water partition coefficient (Wildman–Crippen LogP) is 3.98. The molecule has 0 aliphatic heterocycles. The van der Waals surface area contributed by atoms with Gasteiger partial charge in [0, 0.05) is 11.1 Å². The van der Waals surface area contributed by atoms with Gasteiger partial charge in [-0.2, -0.15) is 4.39 Å². The lowest BCUT2D eigenvalue weighted by Crippen LogP contribution is -2.06. The van der Waals surface area contributed by atoms with Crippen molar-refractivity contribution in [2.45, 2.75) is 0 Å². The number of benzene rings is 1. The standard InChI is InChI=1S/C13H8Cl2FNO2/c1-19-13(18)10-6-5-7(12(16)17-10)11-8(14)3-2-4-9(11)15/h2-6H,1H3. The molecule has 3 nitrogen and oxygen atoms in total. The normalized spacial score (nSPS) is 10.3. The molecule has 2 aromatic rings. The van der Waals surface area contributed by atoms with E-state index in [1.165, 1.54) is 19.2 Å². The SMILES string of the molecule is COC(=O)c1ccc(-c2c(Cl)cccc2Cl)c(F)n1. The number of ether oxygens (including phenoxy) is 1. The highest BCUT2D eigenvalue weighted by Gasteiger charge is 2.16. The summed E-state index contributed by atoms with van der Waals surface area (Å²) in [6, 6.07) is 7.58. The Labute approximate surface area is 118 Å². The Morgan fingerprint density at radius 1 is 1.21 bits per heavy atom. The molecule has 0 spiro atoms. The number of carbonyl (C=O) groups excluding carboxylic acids is 1. The first-order valence-corrected chi connectivity index (χ1v) is 5.99. The zero-order valence-corrected chi connectivity index (χ0v) is 11.3. The molecule has 0 unspecified atom stereocenters. The number of pyridine rings is 1. The van der Waals surface area contributed by atoms with Gasteiger partial charge in [-0.1, -0.05) is 29.3 Å². The van der Waals surface area contributed by atoms with E-state index in [0.29, 0.717) is 15.6 Å². The second kappa shape index (κ2) is 5.55. The van der Waals surface area contributed by atoms with Crippen LogP contribution in [0.2, 0.25) is 10.0 Å². The average Bonchev–Trinajstić information content (AvgIpc) is 2.39. The van der Waals surface area contributed by atoms with E-state index in [-0.39, 0.29) is 11.3 Å². The van der Waals surface area contributed by atoms with Crippen molar-refractivity contribution in [2.75, 3.05) is 7.11 Å². The molecule has 98 valence electrons. The maximum atomic E-state index is 14.0. The summed E-state index contributed by atoms with van der Waals surface area (Å²) in [5.41, 5.74) is 0.349.